The minimum Gasteiger partial charge on any atom is -0.294 e. The number of benzene rings is 1. The topological polar surface area (TPSA) is 43.2 Å². The Labute approximate surface area is 155 Å². The Kier molecular flexibility index (Phi) is 4.55. The summed E-state index contributed by atoms with van der Waals surface area (Å²) < 4.78 is 15.1. The van der Waals surface area contributed by atoms with Crippen LogP contribution in [0.1, 0.15) is 23.2 Å². The van der Waals surface area contributed by atoms with Crippen molar-refractivity contribution in [2.45, 2.75) is 31.6 Å². The first-order valence-corrected chi connectivity index (χ1v) is 9.19. The van der Waals surface area contributed by atoms with Gasteiger partial charge in [0, 0.05) is 54.5 Å². The maximum absolute atomic E-state index is 14.1. The van der Waals surface area contributed by atoms with Crippen molar-refractivity contribution in [3.8, 4) is 6.07 Å². The molecule has 3 saturated heterocycles. The Morgan fingerprint density at radius 2 is 2.00 bits per heavy atom. The van der Waals surface area contributed by atoms with Crippen molar-refractivity contribution in [1.82, 2.24) is 14.8 Å². The molecule has 2 bridgehead atoms. The molecule has 1 aromatic heterocycles. The summed E-state index contributed by atoms with van der Waals surface area (Å²) in [6.45, 7) is 3.47. The van der Waals surface area contributed by atoms with Crippen LogP contribution >= 0.6 is 15.9 Å². The van der Waals surface area contributed by atoms with E-state index in [-0.39, 0.29) is 5.82 Å². The third kappa shape index (κ3) is 3.45. The van der Waals surface area contributed by atoms with E-state index >= 15 is 0 Å². The average Bonchev–Trinajstić information content (AvgIpc) is 2.62. The summed E-state index contributed by atoms with van der Waals surface area (Å²) in [5.41, 5.74) is 2.13. The molecule has 2 aromatic rings. The standard InChI is InChI=1S/C19H18BrFN4/c20-15-3-4-16(23-8-15)10-24-11-17-6-18(12-24)25(17)9-14-2-1-13(7-22)5-19(14)21/h1-5,8,17-18H,6,9-12H2. The zero-order valence-electron chi connectivity index (χ0n) is 13.7. The molecule has 0 radical (unpaired) electrons. The van der Waals surface area contributed by atoms with Gasteiger partial charge < -0.3 is 0 Å². The smallest absolute Gasteiger partial charge is 0.129 e. The van der Waals surface area contributed by atoms with Crippen LogP contribution in [0.3, 0.4) is 0 Å². The molecule has 3 aliphatic heterocycles. The van der Waals surface area contributed by atoms with Crippen LogP contribution in [-0.2, 0) is 13.1 Å². The summed E-state index contributed by atoms with van der Waals surface area (Å²) in [5, 5.41) is 8.85. The molecule has 4 heterocycles. The fraction of sp³-hybridized carbons (Fsp3) is 0.368. The maximum Gasteiger partial charge on any atom is 0.129 e. The molecule has 3 aliphatic rings. The van der Waals surface area contributed by atoms with Gasteiger partial charge in [0.15, 0.2) is 0 Å². The third-order valence-electron chi connectivity index (χ3n) is 5.13. The fourth-order valence-electron chi connectivity index (χ4n) is 3.83. The van der Waals surface area contributed by atoms with Crippen LogP contribution in [0.15, 0.2) is 41.0 Å². The average molecular weight is 401 g/mol. The van der Waals surface area contributed by atoms with Gasteiger partial charge in [-0.25, -0.2) is 4.39 Å². The van der Waals surface area contributed by atoms with Crippen LogP contribution in [0, 0.1) is 17.1 Å². The molecule has 3 fully saturated rings. The van der Waals surface area contributed by atoms with Crippen molar-refractivity contribution in [3.05, 3.63) is 63.6 Å². The lowest BCUT2D eigenvalue weighted by Gasteiger charge is -2.56. The maximum atomic E-state index is 14.1. The second kappa shape index (κ2) is 6.83. The van der Waals surface area contributed by atoms with Crippen LogP contribution in [0.2, 0.25) is 0 Å². The Morgan fingerprint density at radius 1 is 1.20 bits per heavy atom. The highest BCUT2D eigenvalue weighted by Gasteiger charge is 2.44. The van der Waals surface area contributed by atoms with Crippen molar-refractivity contribution in [1.29, 1.82) is 5.26 Å². The highest BCUT2D eigenvalue weighted by Crippen LogP contribution is 2.34. The molecular weight excluding hydrogens is 383 g/mol. The second-order valence-corrected chi connectivity index (χ2v) is 7.71. The Morgan fingerprint density at radius 3 is 2.64 bits per heavy atom. The van der Waals surface area contributed by atoms with Gasteiger partial charge in [0.1, 0.15) is 5.82 Å². The molecule has 25 heavy (non-hydrogen) atoms. The number of halogens is 2. The van der Waals surface area contributed by atoms with Gasteiger partial charge in [-0.05, 0) is 46.6 Å². The van der Waals surface area contributed by atoms with Crippen LogP contribution in [-0.4, -0.2) is 40.0 Å². The second-order valence-electron chi connectivity index (χ2n) is 6.80. The van der Waals surface area contributed by atoms with Gasteiger partial charge in [-0.3, -0.25) is 14.8 Å². The van der Waals surface area contributed by atoms with E-state index in [1.165, 1.54) is 12.5 Å². The molecule has 4 nitrogen and oxygen atoms in total. The van der Waals surface area contributed by atoms with Crippen molar-refractivity contribution >= 4 is 15.9 Å². The molecule has 2 atom stereocenters. The van der Waals surface area contributed by atoms with E-state index in [2.05, 4.69) is 30.7 Å². The predicted molar refractivity (Wildman–Crippen MR) is 96.1 cm³/mol. The minimum absolute atomic E-state index is 0.278. The SMILES string of the molecule is N#Cc1ccc(CN2C3CC2CN(Cc2ccc(Br)cn2)C3)c(F)c1. The molecule has 5 rings (SSSR count). The number of rotatable bonds is 4. The normalized spacial score (nSPS) is 23.1. The van der Waals surface area contributed by atoms with E-state index in [4.69, 9.17) is 5.26 Å². The Balaban J connectivity index is 1.37. The molecule has 0 amide bonds. The lowest BCUT2D eigenvalue weighted by atomic mass is 9.86. The third-order valence-corrected chi connectivity index (χ3v) is 5.60. The van der Waals surface area contributed by atoms with Crippen molar-refractivity contribution in [2.24, 2.45) is 0 Å². The summed E-state index contributed by atoms with van der Waals surface area (Å²) in [4.78, 5) is 9.26. The number of fused-ring (bicyclic) bond motifs is 2. The predicted octanol–water partition coefficient (Wildman–Crippen LogP) is 3.31. The molecular formula is C19H18BrFN4. The van der Waals surface area contributed by atoms with Gasteiger partial charge in [0.05, 0.1) is 17.3 Å². The minimum atomic E-state index is -0.278. The van der Waals surface area contributed by atoms with Gasteiger partial charge in [-0.1, -0.05) is 6.07 Å². The highest BCUT2D eigenvalue weighted by molar-refractivity contribution is 9.10. The highest BCUT2D eigenvalue weighted by atomic mass is 79.9. The number of pyridine rings is 1. The van der Waals surface area contributed by atoms with Crippen molar-refractivity contribution in [2.75, 3.05) is 13.1 Å². The zero-order chi connectivity index (χ0) is 17.4. The number of aromatic nitrogens is 1. The fourth-order valence-corrected chi connectivity index (χ4v) is 4.07. The van der Waals surface area contributed by atoms with Crippen LogP contribution in [0.4, 0.5) is 4.39 Å². The first-order chi connectivity index (χ1) is 12.1. The molecule has 0 aliphatic carbocycles. The Hall–Kier alpha value is -1.81. The largest absolute Gasteiger partial charge is 0.294 e. The van der Waals surface area contributed by atoms with E-state index in [1.54, 1.807) is 12.1 Å². The van der Waals surface area contributed by atoms with E-state index < -0.39 is 0 Å². The molecule has 128 valence electrons. The number of hydrogen-bond acceptors (Lipinski definition) is 4. The van der Waals surface area contributed by atoms with E-state index in [1.807, 2.05) is 24.4 Å². The van der Waals surface area contributed by atoms with Gasteiger partial charge in [-0.2, -0.15) is 5.26 Å². The van der Waals surface area contributed by atoms with Gasteiger partial charge in [0.2, 0.25) is 0 Å². The lowest BCUT2D eigenvalue weighted by molar-refractivity contribution is -0.0781. The van der Waals surface area contributed by atoms with Crippen molar-refractivity contribution in [3.63, 3.8) is 0 Å². The lowest BCUT2D eigenvalue weighted by Crippen LogP contribution is -2.67. The molecule has 0 saturated carbocycles. The quantitative estimate of drug-likeness (QED) is 0.789. The molecule has 0 spiro atoms. The van der Waals surface area contributed by atoms with Crippen LogP contribution in [0.25, 0.3) is 0 Å². The number of nitrogens with zero attached hydrogens (tertiary/aromatic N) is 4. The van der Waals surface area contributed by atoms with Crippen LogP contribution < -0.4 is 0 Å². The Bertz CT molecular complexity index is 805. The molecule has 1 aromatic carbocycles. The monoisotopic (exact) mass is 400 g/mol. The van der Waals surface area contributed by atoms with E-state index in [0.29, 0.717) is 29.8 Å². The number of piperidine rings is 1. The summed E-state index contributed by atoms with van der Waals surface area (Å²) in [5.74, 6) is -0.278. The zero-order valence-corrected chi connectivity index (χ0v) is 15.3. The molecule has 0 N–H and O–H groups in total. The van der Waals surface area contributed by atoms with E-state index in [0.717, 1.165) is 29.8 Å². The van der Waals surface area contributed by atoms with E-state index in [9.17, 15) is 4.39 Å². The van der Waals surface area contributed by atoms with Crippen LogP contribution in [0.5, 0.6) is 0 Å². The van der Waals surface area contributed by atoms with Crippen molar-refractivity contribution < 1.29 is 4.39 Å². The van der Waals surface area contributed by atoms with Gasteiger partial charge in [-0.15, -0.1) is 0 Å². The first-order valence-electron chi connectivity index (χ1n) is 8.39. The first kappa shape index (κ1) is 16.6. The van der Waals surface area contributed by atoms with Gasteiger partial charge >= 0.3 is 0 Å². The number of piperazine rings is 1. The summed E-state index contributed by atoms with van der Waals surface area (Å²) in [6, 6.07) is 11.8. The van der Waals surface area contributed by atoms with Gasteiger partial charge in [0.25, 0.3) is 0 Å². The summed E-state index contributed by atoms with van der Waals surface area (Å²) >= 11 is 3.41. The summed E-state index contributed by atoms with van der Waals surface area (Å²) in [6.07, 6.45) is 3.02. The number of nitriles is 1. The molecule has 2 unspecified atom stereocenters. The molecule has 6 heteroatoms. The summed E-state index contributed by atoms with van der Waals surface area (Å²) in [7, 11) is 0. The number of hydrogen-bond donors (Lipinski definition) is 0.